The van der Waals surface area contributed by atoms with Crippen molar-refractivity contribution in [3.63, 3.8) is 0 Å². The summed E-state index contributed by atoms with van der Waals surface area (Å²) >= 11 is 0. The Hall–Kier alpha value is -3.61. The number of aromatic nitrogens is 2. The molecule has 4 aromatic rings. The fourth-order valence-corrected chi connectivity index (χ4v) is 4.95. The highest BCUT2D eigenvalue weighted by molar-refractivity contribution is 6.02. The molecule has 0 saturated carbocycles. The molecule has 1 aromatic heterocycles. The van der Waals surface area contributed by atoms with Crippen LogP contribution in [0.3, 0.4) is 0 Å². The van der Waals surface area contributed by atoms with Crippen LogP contribution in [0, 0.1) is 6.92 Å². The molecule has 1 aliphatic heterocycles. The van der Waals surface area contributed by atoms with Gasteiger partial charge in [-0.1, -0.05) is 42.5 Å². The van der Waals surface area contributed by atoms with Crippen LogP contribution in [-0.4, -0.2) is 27.3 Å². The van der Waals surface area contributed by atoms with Crippen molar-refractivity contribution in [1.82, 2.24) is 14.9 Å². The van der Waals surface area contributed by atoms with E-state index in [1.165, 1.54) is 6.07 Å². The number of halogens is 3. The average molecular weight is 464 g/mol. The van der Waals surface area contributed by atoms with Crippen molar-refractivity contribution in [3.8, 4) is 11.1 Å². The van der Waals surface area contributed by atoms with E-state index in [0.29, 0.717) is 29.9 Å². The number of carbonyl (C=O) groups is 1. The van der Waals surface area contributed by atoms with Gasteiger partial charge in [-0.05, 0) is 67.6 Å². The first kappa shape index (κ1) is 22.2. The van der Waals surface area contributed by atoms with Gasteiger partial charge in [0.15, 0.2) is 0 Å². The third kappa shape index (κ3) is 3.65. The van der Waals surface area contributed by atoms with Crippen molar-refractivity contribution in [3.05, 3.63) is 89.2 Å². The topological polar surface area (TPSA) is 49.0 Å². The largest absolute Gasteiger partial charge is 0.416 e. The number of alkyl halides is 3. The molecule has 5 rings (SSSR count). The molecule has 7 heteroatoms. The van der Waals surface area contributed by atoms with E-state index in [-0.39, 0.29) is 11.4 Å². The van der Waals surface area contributed by atoms with Gasteiger partial charge < -0.3 is 9.88 Å². The third-order valence-corrected chi connectivity index (χ3v) is 6.77. The first-order valence-electron chi connectivity index (χ1n) is 11.2. The van der Waals surface area contributed by atoms with Gasteiger partial charge in [0.25, 0.3) is 5.91 Å². The number of hydrogen-bond acceptors (Lipinski definition) is 2. The van der Waals surface area contributed by atoms with Crippen molar-refractivity contribution in [2.24, 2.45) is 0 Å². The first-order valence-corrected chi connectivity index (χ1v) is 11.2. The molecule has 0 unspecified atom stereocenters. The molecule has 0 aliphatic carbocycles. The van der Waals surface area contributed by atoms with Gasteiger partial charge in [-0.15, -0.1) is 0 Å². The van der Waals surface area contributed by atoms with Crippen LogP contribution in [0.2, 0.25) is 0 Å². The van der Waals surface area contributed by atoms with E-state index in [1.54, 1.807) is 4.90 Å². The van der Waals surface area contributed by atoms with Crippen LogP contribution < -0.4 is 0 Å². The Balaban J connectivity index is 1.56. The molecule has 0 bridgehead atoms. The lowest BCUT2D eigenvalue weighted by Gasteiger charge is -2.34. The summed E-state index contributed by atoms with van der Waals surface area (Å²) < 4.78 is 39.5. The Morgan fingerprint density at radius 1 is 1.06 bits per heavy atom. The number of H-pyrrole nitrogens is 1. The normalized spacial score (nSPS) is 18.6. The molecule has 3 aromatic carbocycles. The number of fused-ring (bicyclic) bond motifs is 1. The standard InChI is InChI=1S/C27H24F3N3O/c1-17-8-6-11-20(23(17)18-9-4-3-5-10-18)24(34)33-15-7-14-26(33,2)25-31-21-13-12-19(27(28,29)30)16-22(21)32-25/h3-6,8-13,16H,7,14-15H2,1-2H3,(H,31,32)/t26-/m0/s1. The summed E-state index contributed by atoms with van der Waals surface area (Å²) in [5.41, 5.74) is 2.72. The van der Waals surface area contributed by atoms with Gasteiger partial charge in [0.05, 0.1) is 22.1 Å². The lowest BCUT2D eigenvalue weighted by Crippen LogP contribution is -2.43. The van der Waals surface area contributed by atoms with Crippen LogP contribution in [0.1, 0.15) is 47.1 Å². The molecular weight excluding hydrogens is 439 g/mol. The summed E-state index contributed by atoms with van der Waals surface area (Å²) in [5, 5.41) is 0. The summed E-state index contributed by atoms with van der Waals surface area (Å²) in [6, 6.07) is 19.0. The Bertz CT molecular complexity index is 1380. The first-order chi connectivity index (χ1) is 16.2. The quantitative estimate of drug-likeness (QED) is 0.367. The molecule has 0 radical (unpaired) electrons. The van der Waals surface area contributed by atoms with Crippen LogP contribution in [0.25, 0.3) is 22.2 Å². The summed E-state index contributed by atoms with van der Waals surface area (Å²) in [5.74, 6) is 0.389. The maximum Gasteiger partial charge on any atom is 0.416 e. The van der Waals surface area contributed by atoms with Crippen molar-refractivity contribution >= 4 is 16.9 Å². The number of aryl methyl sites for hydroxylation is 1. The molecule has 174 valence electrons. The van der Waals surface area contributed by atoms with E-state index in [4.69, 9.17) is 0 Å². The number of rotatable bonds is 3. The van der Waals surface area contributed by atoms with Crippen LogP contribution in [0.5, 0.6) is 0 Å². The zero-order valence-corrected chi connectivity index (χ0v) is 18.9. The van der Waals surface area contributed by atoms with Gasteiger partial charge in [-0.3, -0.25) is 4.79 Å². The van der Waals surface area contributed by atoms with Crippen LogP contribution in [-0.2, 0) is 11.7 Å². The predicted molar refractivity (Wildman–Crippen MR) is 125 cm³/mol. The molecular formula is C27H24F3N3O. The molecule has 1 atom stereocenters. The Kier molecular flexibility index (Phi) is 5.23. The van der Waals surface area contributed by atoms with E-state index in [0.717, 1.165) is 35.2 Å². The number of imidazole rings is 1. The Morgan fingerprint density at radius 3 is 2.56 bits per heavy atom. The Labute approximate surface area is 195 Å². The van der Waals surface area contributed by atoms with Gasteiger partial charge >= 0.3 is 6.18 Å². The molecule has 34 heavy (non-hydrogen) atoms. The third-order valence-electron chi connectivity index (χ3n) is 6.77. The van der Waals surface area contributed by atoms with E-state index in [9.17, 15) is 18.0 Å². The number of aromatic amines is 1. The minimum absolute atomic E-state index is 0.112. The molecule has 1 N–H and O–H groups in total. The van der Waals surface area contributed by atoms with E-state index < -0.39 is 17.3 Å². The highest BCUT2D eigenvalue weighted by atomic mass is 19.4. The fraction of sp³-hybridized carbons (Fsp3) is 0.259. The molecule has 4 nitrogen and oxygen atoms in total. The second-order valence-electron chi connectivity index (χ2n) is 9.01. The monoisotopic (exact) mass is 463 g/mol. The second-order valence-corrected chi connectivity index (χ2v) is 9.01. The molecule has 1 amide bonds. The van der Waals surface area contributed by atoms with Crippen molar-refractivity contribution < 1.29 is 18.0 Å². The average Bonchev–Trinajstić information content (AvgIpc) is 3.42. The van der Waals surface area contributed by atoms with Crippen molar-refractivity contribution in [1.29, 1.82) is 0 Å². The number of nitrogens with one attached hydrogen (secondary N) is 1. The summed E-state index contributed by atoms with van der Waals surface area (Å²) in [4.78, 5) is 23.4. The number of hydrogen-bond donors (Lipinski definition) is 1. The SMILES string of the molecule is Cc1cccc(C(=O)N2CCC[C@@]2(C)c2nc3cc(C(F)(F)F)ccc3[nH]2)c1-c1ccccc1. The second kappa shape index (κ2) is 8.01. The zero-order valence-electron chi connectivity index (χ0n) is 18.9. The van der Waals surface area contributed by atoms with E-state index >= 15 is 0 Å². The van der Waals surface area contributed by atoms with Gasteiger partial charge in [0, 0.05) is 12.1 Å². The van der Waals surface area contributed by atoms with Gasteiger partial charge in [0.2, 0.25) is 0 Å². The molecule has 1 saturated heterocycles. The number of amides is 1. The van der Waals surface area contributed by atoms with Crippen LogP contribution in [0.15, 0.2) is 66.7 Å². The lowest BCUT2D eigenvalue weighted by atomic mass is 9.92. The number of nitrogens with zero attached hydrogens (tertiary/aromatic N) is 2. The fourth-order valence-electron chi connectivity index (χ4n) is 4.95. The molecule has 1 aliphatic rings. The van der Waals surface area contributed by atoms with Crippen molar-refractivity contribution in [2.75, 3.05) is 6.54 Å². The lowest BCUT2D eigenvalue weighted by molar-refractivity contribution is -0.137. The summed E-state index contributed by atoms with van der Waals surface area (Å²) in [6.45, 7) is 4.46. The summed E-state index contributed by atoms with van der Waals surface area (Å²) in [6.07, 6.45) is -3.00. The number of benzene rings is 3. The predicted octanol–water partition coefficient (Wildman–Crippen LogP) is 6.71. The van der Waals surface area contributed by atoms with Crippen LogP contribution in [0.4, 0.5) is 13.2 Å². The maximum absolute atomic E-state index is 13.9. The molecule has 1 fully saturated rings. The Morgan fingerprint density at radius 2 is 1.82 bits per heavy atom. The van der Waals surface area contributed by atoms with Gasteiger partial charge in [0.1, 0.15) is 5.82 Å². The number of likely N-dealkylation sites (tertiary alicyclic amines) is 1. The van der Waals surface area contributed by atoms with Crippen molar-refractivity contribution in [2.45, 2.75) is 38.4 Å². The summed E-state index contributed by atoms with van der Waals surface area (Å²) in [7, 11) is 0. The smallest absolute Gasteiger partial charge is 0.340 e. The van der Waals surface area contributed by atoms with Gasteiger partial charge in [-0.2, -0.15) is 13.2 Å². The zero-order chi connectivity index (χ0) is 24.1. The molecule has 0 spiro atoms. The molecule has 2 heterocycles. The van der Waals surface area contributed by atoms with E-state index in [2.05, 4.69) is 9.97 Å². The van der Waals surface area contributed by atoms with E-state index in [1.807, 2.05) is 62.4 Å². The number of carbonyl (C=O) groups excluding carboxylic acids is 1. The minimum atomic E-state index is -4.44. The minimum Gasteiger partial charge on any atom is -0.340 e. The maximum atomic E-state index is 13.9. The van der Waals surface area contributed by atoms with Gasteiger partial charge in [-0.25, -0.2) is 4.98 Å². The highest BCUT2D eigenvalue weighted by Gasteiger charge is 2.44. The highest BCUT2D eigenvalue weighted by Crippen LogP contribution is 2.41. The van der Waals surface area contributed by atoms with Crippen LogP contribution >= 0.6 is 0 Å².